The second-order valence-electron chi connectivity index (χ2n) is 10.0. The molecule has 2 aromatic carbocycles. The number of aliphatic imine (C=N–C) groups is 1. The SMILES string of the molecule is Cc1noc2cc(C3=CN=C(C4C5CC5c5nc(-c6cc(Cl)ccc6-n6cnnn6)cc(=O)n54)C3)ccc12. The molecule has 11 heteroatoms. The summed E-state index contributed by atoms with van der Waals surface area (Å²) in [5, 5.41) is 17.1. The van der Waals surface area contributed by atoms with Gasteiger partial charge in [0, 0.05) is 46.3 Å². The van der Waals surface area contributed by atoms with Crippen LogP contribution in [0.3, 0.4) is 0 Å². The summed E-state index contributed by atoms with van der Waals surface area (Å²) in [5.74, 6) is 1.37. The van der Waals surface area contributed by atoms with Crippen LogP contribution in [0.15, 0.2) is 69.3 Å². The van der Waals surface area contributed by atoms with Crippen LogP contribution in [-0.2, 0) is 0 Å². The Morgan fingerprint density at radius 1 is 1.13 bits per heavy atom. The molecule has 186 valence electrons. The Hall–Kier alpha value is -4.44. The van der Waals surface area contributed by atoms with E-state index in [9.17, 15) is 4.79 Å². The van der Waals surface area contributed by atoms with Gasteiger partial charge in [-0.05, 0) is 71.2 Å². The molecule has 5 aromatic rings. The Kier molecular flexibility index (Phi) is 4.43. The molecule has 0 N–H and O–H groups in total. The molecular formula is C27H19ClN8O2. The molecule has 10 nitrogen and oxygen atoms in total. The molecule has 38 heavy (non-hydrogen) atoms. The fraction of sp³-hybridized carbons (Fsp3) is 0.222. The number of nitrogens with zero attached hydrogens (tertiary/aromatic N) is 8. The second-order valence-corrected chi connectivity index (χ2v) is 10.4. The van der Waals surface area contributed by atoms with Crippen molar-refractivity contribution in [3.05, 3.63) is 87.5 Å². The van der Waals surface area contributed by atoms with Crippen molar-refractivity contribution in [2.75, 3.05) is 0 Å². The lowest BCUT2D eigenvalue weighted by Gasteiger charge is -2.19. The topological polar surface area (TPSA) is 117 Å². The normalized spacial score (nSPS) is 21.4. The van der Waals surface area contributed by atoms with E-state index in [0.29, 0.717) is 34.3 Å². The number of aryl methyl sites for hydroxylation is 1. The highest BCUT2D eigenvalue weighted by Gasteiger charge is 2.55. The van der Waals surface area contributed by atoms with Crippen LogP contribution >= 0.6 is 11.6 Å². The van der Waals surface area contributed by atoms with Gasteiger partial charge in [-0.1, -0.05) is 22.8 Å². The van der Waals surface area contributed by atoms with E-state index < -0.39 is 0 Å². The Labute approximate surface area is 220 Å². The molecule has 0 amide bonds. The average molecular weight is 523 g/mol. The summed E-state index contributed by atoms with van der Waals surface area (Å²) in [7, 11) is 0. The minimum Gasteiger partial charge on any atom is -0.356 e. The number of allylic oxidation sites excluding steroid dienone is 1. The van der Waals surface area contributed by atoms with E-state index in [4.69, 9.17) is 26.1 Å². The molecule has 1 aliphatic carbocycles. The van der Waals surface area contributed by atoms with E-state index in [1.807, 2.05) is 35.9 Å². The maximum Gasteiger partial charge on any atom is 0.254 e. The number of benzene rings is 2. The summed E-state index contributed by atoms with van der Waals surface area (Å²) >= 11 is 6.33. The number of aromatic nitrogens is 7. The van der Waals surface area contributed by atoms with Gasteiger partial charge in [0.1, 0.15) is 12.2 Å². The van der Waals surface area contributed by atoms with Crippen molar-refractivity contribution >= 4 is 33.9 Å². The first-order valence-electron chi connectivity index (χ1n) is 12.3. The van der Waals surface area contributed by atoms with Crippen LogP contribution in [0.2, 0.25) is 5.02 Å². The van der Waals surface area contributed by atoms with Gasteiger partial charge in [0.15, 0.2) is 5.58 Å². The Bertz CT molecular complexity index is 1900. The number of rotatable bonds is 4. The molecule has 1 saturated carbocycles. The van der Waals surface area contributed by atoms with Gasteiger partial charge in [0.25, 0.3) is 5.56 Å². The van der Waals surface area contributed by atoms with Gasteiger partial charge < -0.3 is 4.52 Å². The van der Waals surface area contributed by atoms with Crippen LogP contribution in [0, 0.1) is 12.8 Å². The zero-order valence-electron chi connectivity index (χ0n) is 20.1. The van der Waals surface area contributed by atoms with Crippen LogP contribution in [0.5, 0.6) is 0 Å². The smallest absolute Gasteiger partial charge is 0.254 e. The minimum absolute atomic E-state index is 0.0904. The lowest BCUT2D eigenvalue weighted by atomic mass is 9.97. The van der Waals surface area contributed by atoms with Crippen LogP contribution in [0.1, 0.15) is 41.9 Å². The van der Waals surface area contributed by atoms with E-state index >= 15 is 0 Å². The van der Waals surface area contributed by atoms with Gasteiger partial charge in [0.2, 0.25) is 0 Å². The molecule has 0 spiro atoms. The molecule has 8 rings (SSSR count). The summed E-state index contributed by atoms with van der Waals surface area (Å²) in [6, 6.07) is 13.0. The minimum atomic E-state index is -0.0976. The highest BCUT2D eigenvalue weighted by atomic mass is 35.5. The molecule has 0 bridgehead atoms. The van der Waals surface area contributed by atoms with E-state index in [-0.39, 0.29) is 17.5 Å². The molecule has 5 heterocycles. The summed E-state index contributed by atoms with van der Waals surface area (Å²) in [6.45, 7) is 1.93. The van der Waals surface area contributed by atoms with E-state index in [2.05, 4.69) is 26.7 Å². The van der Waals surface area contributed by atoms with Crippen molar-refractivity contribution in [1.82, 2.24) is 34.9 Å². The van der Waals surface area contributed by atoms with E-state index in [1.165, 1.54) is 6.33 Å². The van der Waals surface area contributed by atoms with E-state index in [1.54, 1.807) is 22.9 Å². The Balaban J connectivity index is 1.14. The quantitative estimate of drug-likeness (QED) is 0.340. The zero-order valence-corrected chi connectivity index (χ0v) is 20.9. The average Bonchev–Trinajstić information content (AvgIpc) is 3.35. The summed E-state index contributed by atoms with van der Waals surface area (Å²) in [6.07, 6.45) is 5.09. The van der Waals surface area contributed by atoms with Crippen molar-refractivity contribution in [2.45, 2.75) is 31.7 Å². The fourth-order valence-corrected chi connectivity index (χ4v) is 6.06. The van der Waals surface area contributed by atoms with Crippen molar-refractivity contribution in [1.29, 1.82) is 0 Å². The summed E-state index contributed by atoms with van der Waals surface area (Å²) in [4.78, 5) is 23.4. The van der Waals surface area contributed by atoms with Crippen molar-refractivity contribution in [3.63, 3.8) is 0 Å². The third-order valence-electron chi connectivity index (χ3n) is 7.79. The molecule has 3 aromatic heterocycles. The first kappa shape index (κ1) is 21.6. The first-order chi connectivity index (χ1) is 18.5. The van der Waals surface area contributed by atoms with Crippen molar-refractivity contribution in [2.24, 2.45) is 10.9 Å². The van der Waals surface area contributed by atoms with Gasteiger partial charge >= 0.3 is 0 Å². The fourth-order valence-electron chi connectivity index (χ4n) is 5.89. The monoisotopic (exact) mass is 522 g/mol. The predicted molar refractivity (Wildman–Crippen MR) is 140 cm³/mol. The number of fused-ring (bicyclic) bond motifs is 4. The van der Waals surface area contributed by atoms with Gasteiger partial charge in [-0.3, -0.25) is 14.4 Å². The maximum absolute atomic E-state index is 13.6. The molecule has 1 fully saturated rings. The molecule has 3 unspecified atom stereocenters. The molecule has 0 radical (unpaired) electrons. The maximum atomic E-state index is 13.6. The lowest BCUT2D eigenvalue weighted by molar-refractivity contribution is 0.450. The molecule has 3 atom stereocenters. The molecular weight excluding hydrogens is 504 g/mol. The largest absolute Gasteiger partial charge is 0.356 e. The standard InChI is InChI=1S/C27H19ClN8O2/c1-13-17-4-2-14(7-24(17)38-32-13)15-6-22(29-11-15)26-18-9-19(18)27-31-21(10-25(37)36(26)27)20-8-16(28)3-5-23(20)35-12-30-33-34-35/h2-5,7-8,10-12,18-19,26H,6,9H2,1H3. The number of halogens is 1. The summed E-state index contributed by atoms with van der Waals surface area (Å²) < 4.78 is 8.84. The predicted octanol–water partition coefficient (Wildman–Crippen LogP) is 4.53. The lowest BCUT2D eigenvalue weighted by Crippen LogP contribution is -2.30. The van der Waals surface area contributed by atoms with Crippen LogP contribution in [-0.4, -0.2) is 40.6 Å². The first-order valence-corrected chi connectivity index (χ1v) is 12.7. The van der Waals surface area contributed by atoms with Crippen LogP contribution in [0.25, 0.3) is 33.5 Å². The molecule has 0 saturated heterocycles. The number of tetrazole rings is 1. The third-order valence-corrected chi connectivity index (χ3v) is 8.02. The van der Waals surface area contributed by atoms with Gasteiger partial charge in [-0.15, -0.1) is 5.10 Å². The highest BCUT2D eigenvalue weighted by molar-refractivity contribution is 6.31. The Morgan fingerprint density at radius 3 is 2.92 bits per heavy atom. The zero-order chi connectivity index (χ0) is 25.5. The number of hydrogen-bond acceptors (Lipinski definition) is 8. The number of hydrogen-bond donors (Lipinski definition) is 0. The second kappa shape index (κ2) is 7.78. The van der Waals surface area contributed by atoms with Gasteiger partial charge in [-0.2, -0.15) is 4.68 Å². The van der Waals surface area contributed by atoms with E-state index in [0.717, 1.165) is 45.8 Å². The molecule has 2 aliphatic heterocycles. The van der Waals surface area contributed by atoms with Crippen LogP contribution < -0.4 is 5.56 Å². The Morgan fingerprint density at radius 2 is 2.05 bits per heavy atom. The molecule has 3 aliphatic rings. The highest BCUT2D eigenvalue weighted by Crippen LogP contribution is 2.59. The van der Waals surface area contributed by atoms with Crippen molar-refractivity contribution < 1.29 is 4.52 Å². The van der Waals surface area contributed by atoms with Gasteiger partial charge in [0.05, 0.1) is 23.1 Å². The van der Waals surface area contributed by atoms with Crippen LogP contribution in [0.4, 0.5) is 0 Å². The van der Waals surface area contributed by atoms with Gasteiger partial charge in [-0.25, -0.2) is 4.98 Å². The third kappa shape index (κ3) is 3.16. The summed E-state index contributed by atoms with van der Waals surface area (Å²) in [5.41, 5.74) is 6.64. The van der Waals surface area contributed by atoms with Crippen molar-refractivity contribution in [3.8, 4) is 16.9 Å².